The van der Waals surface area contributed by atoms with E-state index in [4.69, 9.17) is 15.3 Å². The molecule has 0 radical (unpaired) electrons. The molecule has 1 aliphatic heterocycles. The van der Waals surface area contributed by atoms with Crippen LogP contribution in [0.4, 0.5) is 0 Å². The van der Waals surface area contributed by atoms with E-state index in [0.717, 1.165) is 4.90 Å². The summed E-state index contributed by atoms with van der Waals surface area (Å²) in [5, 5.41) is 17.7. The molecule has 2 aliphatic rings. The molecule has 2 fully saturated rings. The number of hydrogen-bond donors (Lipinski definition) is 0. The van der Waals surface area contributed by atoms with Crippen LogP contribution in [0.15, 0.2) is 0 Å². The monoisotopic (exact) mass is 303 g/mol. The number of carbonyl (C=O) groups is 3. The average Bonchev–Trinajstić information content (AvgIpc) is 2.59. The highest BCUT2D eigenvalue weighted by Crippen LogP contribution is 2.66. The van der Waals surface area contributed by atoms with E-state index in [2.05, 4.69) is 0 Å². The third-order valence-electron chi connectivity index (χ3n) is 5.61. The van der Waals surface area contributed by atoms with Crippen molar-refractivity contribution in [1.82, 2.24) is 4.90 Å². The quantitative estimate of drug-likeness (QED) is 0.432. The van der Waals surface area contributed by atoms with Crippen molar-refractivity contribution in [2.75, 3.05) is 13.1 Å². The van der Waals surface area contributed by atoms with Crippen molar-refractivity contribution >= 4 is 17.8 Å². The summed E-state index contributed by atoms with van der Waals surface area (Å²) in [5.74, 6) is -2.10. The van der Waals surface area contributed by atoms with Crippen LogP contribution in [0.5, 0.6) is 0 Å². The van der Waals surface area contributed by atoms with E-state index in [1.165, 1.54) is 0 Å². The lowest BCUT2D eigenvalue weighted by Gasteiger charge is -2.49. The number of esters is 2. The molecule has 2 atom stereocenters. The average molecular weight is 303 g/mol. The fourth-order valence-electron chi connectivity index (χ4n) is 3.63. The topological polar surface area (TPSA) is 111 Å². The molecule has 0 spiro atoms. The first-order valence-corrected chi connectivity index (χ1v) is 6.99. The molecule has 0 N–H and O–H groups in total. The van der Waals surface area contributed by atoms with Crippen molar-refractivity contribution in [2.45, 2.75) is 33.6 Å². The van der Waals surface area contributed by atoms with Crippen LogP contribution in [-0.2, 0) is 19.1 Å². The molecule has 7 nitrogen and oxygen atoms in total. The number of carbonyl (C=O) groups excluding carboxylic acids is 3. The smallest absolute Gasteiger partial charge is 0.329 e. The lowest BCUT2D eigenvalue weighted by atomic mass is 9.56. The zero-order valence-electron chi connectivity index (χ0n) is 12.8. The number of nitriles is 2. The molecule has 2 bridgehead atoms. The van der Waals surface area contributed by atoms with Gasteiger partial charge < -0.3 is 9.64 Å². The maximum absolute atomic E-state index is 12.9. The van der Waals surface area contributed by atoms with Crippen LogP contribution in [0, 0.1) is 38.9 Å². The van der Waals surface area contributed by atoms with E-state index in [0.29, 0.717) is 6.42 Å². The number of amides is 1. The zero-order chi connectivity index (χ0) is 16.8. The standard InChI is InChI=1S/C15H17N3O4/c1-13(2)14(3)4-5-15(13,12(21)22-11(14)20)10(19)18(8-6-16)9-7-17/h4-5,8-9H2,1-3H3. The van der Waals surface area contributed by atoms with E-state index < -0.39 is 34.1 Å². The minimum Gasteiger partial charge on any atom is -0.392 e. The minimum absolute atomic E-state index is 0.174. The first kappa shape index (κ1) is 16.0. The number of rotatable bonds is 3. The summed E-state index contributed by atoms with van der Waals surface area (Å²) in [6, 6.07) is 3.65. The highest BCUT2D eigenvalue weighted by Gasteiger charge is 2.75. The molecule has 0 aromatic heterocycles. The van der Waals surface area contributed by atoms with Crippen LogP contribution < -0.4 is 0 Å². The van der Waals surface area contributed by atoms with E-state index >= 15 is 0 Å². The van der Waals surface area contributed by atoms with Crippen molar-refractivity contribution in [2.24, 2.45) is 16.2 Å². The largest absolute Gasteiger partial charge is 0.392 e. The lowest BCUT2D eigenvalue weighted by Crippen LogP contribution is -2.62. The van der Waals surface area contributed by atoms with Crippen molar-refractivity contribution < 1.29 is 19.1 Å². The Balaban J connectivity index is 2.55. The molecular formula is C15H17N3O4. The number of nitrogens with zero attached hydrogens (tertiary/aromatic N) is 3. The first-order chi connectivity index (χ1) is 10.2. The highest BCUT2D eigenvalue weighted by molar-refractivity contribution is 6.11. The molecule has 1 saturated heterocycles. The minimum atomic E-state index is -1.52. The van der Waals surface area contributed by atoms with Gasteiger partial charge in [-0.3, -0.25) is 14.4 Å². The van der Waals surface area contributed by atoms with Gasteiger partial charge in [0.2, 0.25) is 5.91 Å². The third-order valence-corrected chi connectivity index (χ3v) is 5.61. The van der Waals surface area contributed by atoms with Crippen molar-refractivity contribution in [1.29, 1.82) is 10.5 Å². The predicted molar refractivity (Wildman–Crippen MR) is 72.5 cm³/mol. The van der Waals surface area contributed by atoms with Crippen LogP contribution in [-0.4, -0.2) is 35.8 Å². The maximum atomic E-state index is 12.9. The lowest BCUT2D eigenvalue weighted by molar-refractivity contribution is -0.198. The van der Waals surface area contributed by atoms with Gasteiger partial charge in [0, 0.05) is 5.41 Å². The zero-order valence-corrected chi connectivity index (χ0v) is 12.8. The van der Waals surface area contributed by atoms with Gasteiger partial charge in [-0.05, 0) is 19.8 Å². The fraction of sp³-hybridized carbons (Fsp3) is 0.667. The van der Waals surface area contributed by atoms with Gasteiger partial charge in [-0.25, -0.2) is 0 Å². The molecule has 0 aromatic carbocycles. The molecule has 2 rings (SSSR count). The van der Waals surface area contributed by atoms with Crippen LogP contribution >= 0.6 is 0 Å². The summed E-state index contributed by atoms with van der Waals surface area (Å²) in [6.45, 7) is 4.51. The Hall–Kier alpha value is -2.41. The predicted octanol–water partition coefficient (Wildman–Crippen LogP) is 0.758. The second-order valence-corrected chi connectivity index (χ2v) is 6.52. The second-order valence-electron chi connectivity index (χ2n) is 6.52. The van der Waals surface area contributed by atoms with Gasteiger partial charge in [0.05, 0.1) is 17.6 Å². The Morgan fingerprint density at radius 2 is 1.68 bits per heavy atom. The molecule has 1 amide bonds. The highest BCUT2D eigenvalue weighted by atomic mass is 16.6. The second kappa shape index (κ2) is 4.81. The number of ether oxygens (including phenoxy) is 1. The Morgan fingerprint density at radius 1 is 1.14 bits per heavy atom. The Kier molecular flexibility index (Phi) is 3.49. The molecule has 22 heavy (non-hydrogen) atoms. The van der Waals surface area contributed by atoms with Crippen molar-refractivity contribution in [3.8, 4) is 12.1 Å². The Labute approximate surface area is 128 Å². The summed E-state index contributed by atoms with van der Waals surface area (Å²) < 4.78 is 4.85. The summed E-state index contributed by atoms with van der Waals surface area (Å²) in [6.07, 6.45) is 0.524. The SMILES string of the molecule is CC12CCC(C(=O)N(CC#N)CC#N)(C(=O)OC1=O)C2(C)C. The number of cyclic esters (lactones) is 2. The summed E-state index contributed by atoms with van der Waals surface area (Å²) in [7, 11) is 0. The van der Waals surface area contributed by atoms with Crippen LogP contribution in [0.2, 0.25) is 0 Å². The van der Waals surface area contributed by atoms with Gasteiger partial charge in [-0.2, -0.15) is 10.5 Å². The van der Waals surface area contributed by atoms with Gasteiger partial charge in [0.15, 0.2) is 5.41 Å². The Morgan fingerprint density at radius 3 is 2.18 bits per heavy atom. The van der Waals surface area contributed by atoms with Crippen LogP contribution in [0.25, 0.3) is 0 Å². The summed E-state index contributed by atoms with van der Waals surface area (Å²) >= 11 is 0. The normalized spacial score (nSPS) is 31.9. The molecule has 1 saturated carbocycles. The van der Waals surface area contributed by atoms with Crippen LogP contribution in [0.3, 0.4) is 0 Å². The van der Waals surface area contributed by atoms with Gasteiger partial charge in [-0.15, -0.1) is 0 Å². The van der Waals surface area contributed by atoms with E-state index in [9.17, 15) is 14.4 Å². The molecule has 1 aliphatic carbocycles. The number of hydrogen-bond acceptors (Lipinski definition) is 6. The van der Waals surface area contributed by atoms with Crippen LogP contribution in [0.1, 0.15) is 33.6 Å². The van der Waals surface area contributed by atoms with Crippen molar-refractivity contribution in [3.63, 3.8) is 0 Å². The maximum Gasteiger partial charge on any atom is 0.329 e. The van der Waals surface area contributed by atoms with Gasteiger partial charge in [-0.1, -0.05) is 13.8 Å². The van der Waals surface area contributed by atoms with E-state index in [-0.39, 0.29) is 19.5 Å². The molecule has 2 unspecified atom stereocenters. The van der Waals surface area contributed by atoms with Gasteiger partial charge in [0.1, 0.15) is 13.1 Å². The first-order valence-electron chi connectivity index (χ1n) is 6.99. The number of fused-ring (bicyclic) bond motifs is 2. The molecule has 1 heterocycles. The van der Waals surface area contributed by atoms with Crippen molar-refractivity contribution in [3.05, 3.63) is 0 Å². The fourth-order valence-corrected chi connectivity index (χ4v) is 3.63. The summed E-state index contributed by atoms with van der Waals surface area (Å²) in [4.78, 5) is 38.5. The van der Waals surface area contributed by atoms with Gasteiger partial charge in [0.25, 0.3) is 0 Å². The summed E-state index contributed by atoms with van der Waals surface area (Å²) in [5.41, 5.74) is -3.42. The molecule has 0 aromatic rings. The third kappa shape index (κ3) is 1.62. The Bertz CT molecular complexity index is 626. The molecule has 116 valence electrons. The van der Waals surface area contributed by atoms with E-state index in [1.807, 2.05) is 12.1 Å². The van der Waals surface area contributed by atoms with E-state index in [1.54, 1.807) is 20.8 Å². The molecular weight excluding hydrogens is 286 g/mol. The molecule has 7 heteroatoms. The van der Waals surface area contributed by atoms with Gasteiger partial charge >= 0.3 is 11.9 Å².